The summed E-state index contributed by atoms with van der Waals surface area (Å²) < 4.78 is 5.25. The number of hydrogen-bond acceptors (Lipinski definition) is 3. The van der Waals surface area contributed by atoms with E-state index in [9.17, 15) is 4.79 Å². The van der Waals surface area contributed by atoms with Crippen LogP contribution in [0.2, 0.25) is 0 Å². The van der Waals surface area contributed by atoms with Crippen LogP contribution in [0.4, 0.5) is 0 Å². The zero-order valence-electron chi connectivity index (χ0n) is 10.1. The second-order valence-corrected chi connectivity index (χ2v) is 4.63. The summed E-state index contributed by atoms with van der Waals surface area (Å²) >= 11 is 0. The summed E-state index contributed by atoms with van der Waals surface area (Å²) in [4.78, 5) is 14.2. The van der Waals surface area contributed by atoms with Crippen LogP contribution in [-0.4, -0.2) is 49.2 Å². The highest BCUT2D eigenvalue weighted by atomic mass is 16.5. The Labute approximate surface area is 97.3 Å². The molecular formula is C12H22N2O2. The maximum absolute atomic E-state index is 12.1. The molecule has 92 valence electrons. The Morgan fingerprint density at radius 3 is 3.00 bits per heavy atom. The lowest BCUT2D eigenvalue weighted by molar-refractivity contribution is -0.134. The minimum absolute atomic E-state index is 0.282. The predicted octanol–water partition coefficient (Wildman–Crippen LogP) is 0.766. The Bertz CT molecular complexity index is 231. The van der Waals surface area contributed by atoms with Gasteiger partial charge in [-0.25, -0.2) is 0 Å². The molecule has 0 spiro atoms. The minimum atomic E-state index is 0.282. The summed E-state index contributed by atoms with van der Waals surface area (Å²) in [6.45, 7) is 5.25. The molecule has 2 aliphatic rings. The van der Waals surface area contributed by atoms with Gasteiger partial charge >= 0.3 is 0 Å². The van der Waals surface area contributed by atoms with E-state index in [1.165, 1.54) is 6.42 Å². The van der Waals surface area contributed by atoms with Gasteiger partial charge in [-0.15, -0.1) is 0 Å². The lowest BCUT2D eigenvalue weighted by Crippen LogP contribution is -2.42. The SMILES string of the molecule is CCOCCC(=O)N1C2CCNCC1CC2. The van der Waals surface area contributed by atoms with Crippen LogP contribution in [0, 0.1) is 0 Å². The summed E-state index contributed by atoms with van der Waals surface area (Å²) in [5, 5.41) is 3.41. The van der Waals surface area contributed by atoms with Crippen molar-refractivity contribution < 1.29 is 9.53 Å². The van der Waals surface area contributed by atoms with Crippen molar-refractivity contribution in [3.05, 3.63) is 0 Å². The van der Waals surface area contributed by atoms with Crippen molar-refractivity contribution in [2.24, 2.45) is 0 Å². The van der Waals surface area contributed by atoms with E-state index in [4.69, 9.17) is 4.74 Å². The van der Waals surface area contributed by atoms with Crippen LogP contribution in [0.5, 0.6) is 0 Å². The normalized spacial score (nSPS) is 29.2. The fourth-order valence-electron chi connectivity index (χ4n) is 2.82. The first-order valence-corrected chi connectivity index (χ1v) is 6.42. The first kappa shape index (κ1) is 11.9. The van der Waals surface area contributed by atoms with Crippen molar-refractivity contribution in [2.45, 2.75) is 44.7 Å². The molecule has 2 saturated heterocycles. The number of amides is 1. The average Bonchev–Trinajstić information content (AvgIpc) is 2.52. The van der Waals surface area contributed by atoms with E-state index in [1.54, 1.807) is 0 Å². The van der Waals surface area contributed by atoms with E-state index in [0.29, 0.717) is 31.7 Å². The van der Waals surface area contributed by atoms with Crippen molar-refractivity contribution in [1.82, 2.24) is 10.2 Å². The molecule has 0 radical (unpaired) electrons. The largest absolute Gasteiger partial charge is 0.381 e. The Balaban J connectivity index is 1.89. The number of carbonyl (C=O) groups excluding carboxylic acids is 1. The number of ether oxygens (including phenoxy) is 1. The van der Waals surface area contributed by atoms with Gasteiger partial charge in [-0.3, -0.25) is 4.79 Å². The van der Waals surface area contributed by atoms with E-state index in [2.05, 4.69) is 10.2 Å². The van der Waals surface area contributed by atoms with Gasteiger partial charge in [0.1, 0.15) is 0 Å². The number of carbonyl (C=O) groups is 1. The van der Waals surface area contributed by atoms with Crippen molar-refractivity contribution >= 4 is 5.91 Å². The van der Waals surface area contributed by atoms with Gasteiger partial charge in [-0.1, -0.05) is 0 Å². The quantitative estimate of drug-likeness (QED) is 0.720. The lowest BCUT2D eigenvalue weighted by atomic mass is 10.1. The molecule has 2 fully saturated rings. The molecule has 1 N–H and O–H groups in total. The molecule has 1 amide bonds. The van der Waals surface area contributed by atoms with E-state index in [-0.39, 0.29) is 5.91 Å². The molecular weight excluding hydrogens is 204 g/mol. The molecule has 0 aromatic rings. The van der Waals surface area contributed by atoms with Gasteiger partial charge in [0.15, 0.2) is 0 Å². The average molecular weight is 226 g/mol. The molecule has 4 heteroatoms. The molecule has 2 bridgehead atoms. The Hall–Kier alpha value is -0.610. The van der Waals surface area contributed by atoms with Gasteiger partial charge in [0.05, 0.1) is 13.0 Å². The number of rotatable bonds is 4. The van der Waals surface area contributed by atoms with Crippen LogP contribution in [-0.2, 0) is 9.53 Å². The van der Waals surface area contributed by atoms with E-state index >= 15 is 0 Å². The number of hydrogen-bond donors (Lipinski definition) is 1. The molecule has 0 aromatic heterocycles. The van der Waals surface area contributed by atoms with Gasteiger partial charge < -0.3 is 15.0 Å². The van der Waals surface area contributed by atoms with E-state index < -0.39 is 0 Å². The van der Waals surface area contributed by atoms with Crippen molar-refractivity contribution in [3.8, 4) is 0 Å². The smallest absolute Gasteiger partial charge is 0.225 e. The summed E-state index contributed by atoms with van der Waals surface area (Å²) in [6.07, 6.45) is 4.00. The van der Waals surface area contributed by atoms with E-state index in [0.717, 1.165) is 25.9 Å². The Morgan fingerprint density at radius 2 is 2.19 bits per heavy atom. The zero-order valence-corrected chi connectivity index (χ0v) is 10.1. The van der Waals surface area contributed by atoms with Crippen LogP contribution in [0.15, 0.2) is 0 Å². The second kappa shape index (κ2) is 5.64. The molecule has 2 aliphatic heterocycles. The number of fused-ring (bicyclic) bond motifs is 2. The van der Waals surface area contributed by atoms with Gasteiger partial charge in [-0.05, 0) is 32.7 Å². The Kier molecular flexibility index (Phi) is 4.18. The van der Waals surface area contributed by atoms with Gasteiger partial charge in [0.2, 0.25) is 5.91 Å². The van der Waals surface area contributed by atoms with Gasteiger partial charge in [0, 0.05) is 25.2 Å². The van der Waals surface area contributed by atoms with Gasteiger partial charge in [-0.2, -0.15) is 0 Å². The highest BCUT2D eigenvalue weighted by Gasteiger charge is 2.37. The number of nitrogens with zero attached hydrogens (tertiary/aromatic N) is 1. The summed E-state index contributed by atoms with van der Waals surface area (Å²) in [6, 6.07) is 0.913. The van der Waals surface area contributed by atoms with Crippen LogP contribution < -0.4 is 5.32 Å². The third-order valence-corrected chi connectivity index (χ3v) is 3.61. The standard InChI is InChI=1S/C12H22N2O2/c1-2-16-8-6-12(15)14-10-3-4-11(14)9-13-7-5-10/h10-11,13H,2-9H2,1H3. The molecule has 4 nitrogen and oxygen atoms in total. The van der Waals surface area contributed by atoms with Gasteiger partial charge in [0.25, 0.3) is 0 Å². The van der Waals surface area contributed by atoms with Crippen molar-refractivity contribution in [3.63, 3.8) is 0 Å². The first-order chi connectivity index (χ1) is 7.83. The van der Waals surface area contributed by atoms with Crippen LogP contribution in [0.25, 0.3) is 0 Å². The maximum Gasteiger partial charge on any atom is 0.225 e. The van der Waals surface area contributed by atoms with Crippen molar-refractivity contribution in [2.75, 3.05) is 26.3 Å². The van der Waals surface area contributed by atoms with E-state index in [1.807, 2.05) is 6.92 Å². The molecule has 2 atom stereocenters. The Morgan fingerprint density at radius 1 is 1.38 bits per heavy atom. The monoisotopic (exact) mass is 226 g/mol. The highest BCUT2D eigenvalue weighted by Crippen LogP contribution is 2.28. The lowest BCUT2D eigenvalue weighted by Gasteiger charge is -2.27. The molecule has 2 unspecified atom stereocenters. The molecule has 2 heterocycles. The zero-order chi connectivity index (χ0) is 11.4. The third-order valence-electron chi connectivity index (χ3n) is 3.61. The topological polar surface area (TPSA) is 41.6 Å². The fraction of sp³-hybridized carbons (Fsp3) is 0.917. The molecule has 16 heavy (non-hydrogen) atoms. The minimum Gasteiger partial charge on any atom is -0.381 e. The molecule has 0 aromatic carbocycles. The highest BCUT2D eigenvalue weighted by molar-refractivity contribution is 5.77. The van der Waals surface area contributed by atoms with Crippen LogP contribution >= 0.6 is 0 Å². The first-order valence-electron chi connectivity index (χ1n) is 6.42. The summed E-state index contributed by atoms with van der Waals surface area (Å²) in [7, 11) is 0. The third kappa shape index (κ3) is 2.55. The molecule has 0 saturated carbocycles. The van der Waals surface area contributed by atoms with Crippen LogP contribution in [0.3, 0.4) is 0 Å². The van der Waals surface area contributed by atoms with Crippen LogP contribution in [0.1, 0.15) is 32.6 Å². The molecule has 0 aliphatic carbocycles. The van der Waals surface area contributed by atoms with Crippen molar-refractivity contribution in [1.29, 1.82) is 0 Å². The number of nitrogens with one attached hydrogen (secondary N) is 1. The predicted molar refractivity (Wildman–Crippen MR) is 62.3 cm³/mol. The fourth-order valence-corrected chi connectivity index (χ4v) is 2.82. The summed E-state index contributed by atoms with van der Waals surface area (Å²) in [5.41, 5.74) is 0. The second-order valence-electron chi connectivity index (χ2n) is 4.63. The maximum atomic E-state index is 12.1. The molecule has 2 rings (SSSR count). The summed E-state index contributed by atoms with van der Waals surface area (Å²) in [5.74, 6) is 0.282.